The van der Waals surface area contributed by atoms with Crippen molar-refractivity contribution in [3.8, 4) is 0 Å². The number of H-pyrrole nitrogens is 1. The summed E-state index contributed by atoms with van der Waals surface area (Å²) in [4.78, 5) is 5.23. The van der Waals surface area contributed by atoms with Crippen LogP contribution in [0.3, 0.4) is 0 Å². The lowest BCUT2D eigenvalue weighted by molar-refractivity contribution is 0.283. The maximum atomic E-state index is 11.7. The SMILES string of the molecule is C[C@H]1CCN(Cc2cc[nH]c2)CCS1(=O)=O. The van der Waals surface area contributed by atoms with E-state index < -0.39 is 9.84 Å². The van der Waals surface area contributed by atoms with Crippen LogP contribution in [0.15, 0.2) is 18.5 Å². The lowest BCUT2D eigenvalue weighted by atomic mass is 10.2. The van der Waals surface area contributed by atoms with Gasteiger partial charge in [0.1, 0.15) is 0 Å². The number of hydrogen-bond acceptors (Lipinski definition) is 3. The largest absolute Gasteiger partial charge is 0.367 e. The Morgan fingerprint density at radius 1 is 1.50 bits per heavy atom. The molecule has 0 amide bonds. The first-order valence-electron chi connectivity index (χ1n) is 5.63. The van der Waals surface area contributed by atoms with Gasteiger partial charge in [-0.2, -0.15) is 0 Å². The van der Waals surface area contributed by atoms with Crippen molar-refractivity contribution in [1.82, 2.24) is 9.88 Å². The molecule has 1 aliphatic heterocycles. The molecule has 16 heavy (non-hydrogen) atoms. The summed E-state index contributed by atoms with van der Waals surface area (Å²) in [5, 5.41) is -0.191. The van der Waals surface area contributed by atoms with Gasteiger partial charge in [-0.1, -0.05) is 0 Å². The van der Waals surface area contributed by atoms with E-state index in [4.69, 9.17) is 0 Å². The fourth-order valence-electron chi connectivity index (χ4n) is 1.99. The highest BCUT2D eigenvalue weighted by Crippen LogP contribution is 2.15. The van der Waals surface area contributed by atoms with Crippen LogP contribution in [-0.4, -0.2) is 42.4 Å². The second-order valence-corrected chi connectivity index (χ2v) is 7.00. The van der Waals surface area contributed by atoms with Gasteiger partial charge in [0.15, 0.2) is 9.84 Å². The quantitative estimate of drug-likeness (QED) is 0.842. The monoisotopic (exact) mass is 242 g/mol. The fourth-order valence-corrected chi connectivity index (χ4v) is 3.37. The first-order chi connectivity index (χ1) is 7.58. The topological polar surface area (TPSA) is 53.2 Å². The minimum Gasteiger partial charge on any atom is -0.367 e. The molecule has 1 saturated heterocycles. The van der Waals surface area contributed by atoms with E-state index in [9.17, 15) is 8.42 Å². The van der Waals surface area contributed by atoms with Gasteiger partial charge in [0, 0.05) is 25.5 Å². The van der Waals surface area contributed by atoms with E-state index in [-0.39, 0.29) is 5.25 Å². The van der Waals surface area contributed by atoms with Gasteiger partial charge < -0.3 is 4.98 Å². The van der Waals surface area contributed by atoms with Crippen LogP contribution in [0.25, 0.3) is 0 Å². The number of hydrogen-bond donors (Lipinski definition) is 1. The molecule has 4 nitrogen and oxygen atoms in total. The smallest absolute Gasteiger partial charge is 0.154 e. The lowest BCUT2D eigenvalue weighted by Gasteiger charge is -2.18. The average Bonchev–Trinajstić information content (AvgIpc) is 2.70. The zero-order valence-corrected chi connectivity index (χ0v) is 10.3. The zero-order valence-electron chi connectivity index (χ0n) is 9.52. The first kappa shape index (κ1) is 11.7. The molecule has 0 saturated carbocycles. The van der Waals surface area contributed by atoms with Crippen molar-refractivity contribution in [3.63, 3.8) is 0 Å². The summed E-state index contributed by atoms with van der Waals surface area (Å²) in [5.41, 5.74) is 1.21. The standard InChI is InChI=1S/C11H18N2O2S/c1-10-3-5-13(6-7-16(10,14)15)9-11-2-4-12-8-11/h2,4,8,10,12H,3,5-7,9H2,1H3/t10-/m0/s1. The fraction of sp³-hybridized carbons (Fsp3) is 0.636. The van der Waals surface area contributed by atoms with Gasteiger partial charge in [-0.05, 0) is 31.5 Å². The average molecular weight is 242 g/mol. The van der Waals surface area contributed by atoms with E-state index in [0.29, 0.717) is 12.3 Å². The van der Waals surface area contributed by atoms with Gasteiger partial charge in [0.2, 0.25) is 0 Å². The number of rotatable bonds is 2. The van der Waals surface area contributed by atoms with Crippen molar-refractivity contribution in [3.05, 3.63) is 24.0 Å². The molecule has 2 rings (SSSR count). The molecule has 1 aromatic heterocycles. The third-order valence-corrected chi connectivity index (χ3v) is 5.44. The highest BCUT2D eigenvalue weighted by Gasteiger charge is 2.26. The second kappa shape index (κ2) is 4.59. The van der Waals surface area contributed by atoms with Gasteiger partial charge in [-0.3, -0.25) is 4.90 Å². The Labute approximate surface area is 96.6 Å². The zero-order chi connectivity index (χ0) is 11.6. The normalized spacial score (nSPS) is 26.4. The van der Waals surface area contributed by atoms with Crippen LogP contribution in [0.4, 0.5) is 0 Å². The van der Waals surface area contributed by atoms with Crippen molar-refractivity contribution in [1.29, 1.82) is 0 Å². The molecule has 0 aliphatic carbocycles. The molecule has 0 aromatic carbocycles. The third kappa shape index (κ3) is 2.65. The summed E-state index contributed by atoms with van der Waals surface area (Å²) in [7, 11) is -2.86. The number of sulfone groups is 1. The third-order valence-electron chi connectivity index (χ3n) is 3.23. The van der Waals surface area contributed by atoms with Crippen molar-refractivity contribution >= 4 is 9.84 Å². The lowest BCUT2D eigenvalue weighted by Crippen LogP contribution is -2.26. The Bertz CT molecular complexity index is 425. The minimum absolute atomic E-state index is 0.191. The molecule has 0 bridgehead atoms. The highest BCUT2D eigenvalue weighted by atomic mass is 32.2. The summed E-state index contributed by atoms with van der Waals surface area (Å²) in [6.45, 7) is 4.17. The van der Waals surface area contributed by atoms with Crippen molar-refractivity contribution in [2.45, 2.75) is 25.1 Å². The predicted molar refractivity (Wildman–Crippen MR) is 63.9 cm³/mol. The molecule has 1 fully saturated rings. The molecule has 1 atom stereocenters. The van der Waals surface area contributed by atoms with Gasteiger partial charge in [-0.15, -0.1) is 0 Å². The van der Waals surface area contributed by atoms with E-state index in [1.54, 1.807) is 0 Å². The number of nitrogens with zero attached hydrogens (tertiary/aromatic N) is 1. The maximum Gasteiger partial charge on any atom is 0.154 e. The first-order valence-corrected chi connectivity index (χ1v) is 7.35. The van der Waals surface area contributed by atoms with Gasteiger partial charge in [0.25, 0.3) is 0 Å². The molecule has 1 aliphatic rings. The molecule has 0 radical (unpaired) electrons. The molecule has 0 spiro atoms. The van der Waals surface area contributed by atoms with Crippen LogP contribution in [0.2, 0.25) is 0 Å². The van der Waals surface area contributed by atoms with Crippen molar-refractivity contribution in [2.75, 3.05) is 18.8 Å². The van der Waals surface area contributed by atoms with Crippen molar-refractivity contribution in [2.24, 2.45) is 0 Å². The van der Waals surface area contributed by atoms with Crippen LogP contribution >= 0.6 is 0 Å². The molecule has 5 heteroatoms. The van der Waals surface area contributed by atoms with Crippen LogP contribution in [0.5, 0.6) is 0 Å². The summed E-state index contributed by atoms with van der Waals surface area (Å²) >= 11 is 0. The van der Waals surface area contributed by atoms with Gasteiger partial charge in [0.05, 0.1) is 11.0 Å². The molecule has 90 valence electrons. The minimum atomic E-state index is -2.86. The Morgan fingerprint density at radius 2 is 2.31 bits per heavy atom. The van der Waals surface area contributed by atoms with Crippen LogP contribution in [-0.2, 0) is 16.4 Å². The van der Waals surface area contributed by atoms with Crippen LogP contribution < -0.4 is 0 Å². The molecule has 0 unspecified atom stereocenters. The van der Waals surface area contributed by atoms with Gasteiger partial charge in [-0.25, -0.2) is 8.42 Å². The van der Waals surface area contributed by atoms with Crippen LogP contribution in [0, 0.1) is 0 Å². The maximum absolute atomic E-state index is 11.7. The second-order valence-electron chi connectivity index (χ2n) is 4.46. The van der Waals surface area contributed by atoms with E-state index >= 15 is 0 Å². The summed E-state index contributed by atoms with van der Waals surface area (Å²) in [6, 6.07) is 2.03. The van der Waals surface area contributed by atoms with E-state index in [1.165, 1.54) is 5.56 Å². The summed E-state index contributed by atoms with van der Waals surface area (Å²) < 4.78 is 23.4. The highest BCUT2D eigenvalue weighted by molar-refractivity contribution is 7.92. The van der Waals surface area contributed by atoms with Crippen molar-refractivity contribution < 1.29 is 8.42 Å². The Balaban J connectivity index is 1.99. The number of aromatic amines is 1. The molecular formula is C11H18N2O2S. The Morgan fingerprint density at radius 3 is 3.00 bits per heavy atom. The van der Waals surface area contributed by atoms with Crippen LogP contribution in [0.1, 0.15) is 18.9 Å². The number of aromatic nitrogens is 1. The molecule has 1 aromatic rings. The molecule has 2 heterocycles. The summed E-state index contributed by atoms with van der Waals surface area (Å²) in [6.07, 6.45) is 4.60. The Kier molecular flexibility index (Phi) is 3.35. The van der Waals surface area contributed by atoms with E-state index in [0.717, 1.165) is 19.5 Å². The van der Waals surface area contributed by atoms with E-state index in [1.807, 2.05) is 25.4 Å². The van der Waals surface area contributed by atoms with E-state index in [2.05, 4.69) is 9.88 Å². The van der Waals surface area contributed by atoms with Gasteiger partial charge >= 0.3 is 0 Å². The Hall–Kier alpha value is -0.810. The summed E-state index contributed by atoms with van der Waals surface area (Å²) in [5.74, 6) is 0.290. The molecule has 1 N–H and O–H groups in total. The number of nitrogens with one attached hydrogen (secondary N) is 1. The predicted octanol–water partition coefficient (Wildman–Crippen LogP) is 1.02. The molecular weight excluding hydrogens is 224 g/mol.